The van der Waals surface area contributed by atoms with Crippen molar-refractivity contribution in [2.75, 3.05) is 0 Å². The van der Waals surface area contributed by atoms with Gasteiger partial charge in [-0.05, 0) is 18.6 Å². The molecule has 0 radical (unpaired) electrons. The zero-order valence-electron chi connectivity index (χ0n) is 13.5. The van der Waals surface area contributed by atoms with Crippen molar-refractivity contribution in [1.82, 2.24) is 4.98 Å². The van der Waals surface area contributed by atoms with Crippen LogP contribution in [-0.4, -0.2) is 9.73 Å². The predicted molar refractivity (Wildman–Crippen MR) is 92.2 cm³/mol. The summed E-state index contributed by atoms with van der Waals surface area (Å²) in [5.74, 6) is 1.03. The summed E-state index contributed by atoms with van der Waals surface area (Å²) >= 11 is 2.04. The molecule has 1 aromatic heterocycles. The number of pyridine rings is 1. The van der Waals surface area contributed by atoms with E-state index in [2.05, 4.69) is 37.9 Å². The third-order valence-electron chi connectivity index (χ3n) is 3.72. The summed E-state index contributed by atoms with van der Waals surface area (Å²) in [7, 11) is 0. The van der Waals surface area contributed by atoms with Crippen LogP contribution in [0.4, 0.5) is 0 Å². The van der Waals surface area contributed by atoms with Gasteiger partial charge in [0.15, 0.2) is 0 Å². The highest BCUT2D eigenvalue weighted by atomic mass is 32.2. The van der Waals surface area contributed by atoms with E-state index in [-0.39, 0.29) is 0 Å². The second-order valence-electron chi connectivity index (χ2n) is 6.24. The molecular weight excluding hydrogens is 262 g/mol. The molecule has 0 aliphatic rings. The molecule has 1 heterocycles. The lowest BCUT2D eigenvalue weighted by Gasteiger charge is -2.23. The molecule has 2 heteroatoms. The van der Waals surface area contributed by atoms with E-state index in [0.717, 1.165) is 5.75 Å². The second-order valence-corrected chi connectivity index (χ2v) is 7.92. The van der Waals surface area contributed by atoms with Crippen LogP contribution >= 0.6 is 11.8 Å². The lowest BCUT2D eigenvalue weighted by molar-refractivity contribution is 0.536. The molecule has 0 spiro atoms. The zero-order valence-corrected chi connectivity index (χ0v) is 14.3. The fraction of sp³-hybridized carbons (Fsp3) is 0.722. The van der Waals surface area contributed by atoms with Gasteiger partial charge >= 0.3 is 0 Å². The molecule has 0 unspecified atom stereocenters. The van der Waals surface area contributed by atoms with E-state index < -0.39 is 0 Å². The highest BCUT2D eigenvalue weighted by molar-refractivity contribution is 7.99. The largest absolute Gasteiger partial charge is 0.260 e. The van der Waals surface area contributed by atoms with Crippen LogP contribution in [0.5, 0.6) is 0 Å². The summed E-state index contributed by atoms with van der Waals surface area (Å²) in [6.07, 6.45) is 13.0. The molecule has 1 rings (SSSR count). The van der Waals surface area contributed by atoms with Gasteiger partial charge in [0.05, 0.1) is 5.69 Å². The Morgan fingerprint density at radius 1 is 1.00 bits per heavy atom. The number of nitrogens with zero attached hydrogens (tertiary/aromatic N) is 1. The Labute approximate surface area is 130 Å². The quantitative estimate of drug-likeness (QED) is 0.448. The standard InChI is InChI=1S/C18H31NS/c1-4-5-6-7-8-9-11-14-18(2,3)20-16-17-13-10-12-15-19-17/h10,12-13,15H,4-9,11,14,16H2,1-3H3. The normalized spacial score (nSPS) is 11.8. The average Bonchev–Trinajstić information content (AvgIpc) is 2.45. The molecule has 0 saturated carbocycles. The van der Waals surface area contributed by atoms with Gasteiger partial charge in [-0.25, -0.2) is 0 Å². The summed E-state index contributed by atoms with van der Waals surface area (Å²) in [6, 6.07) is 6.18. The van der Waals surface area contributed by atoms with Gasteiger partial charge < -0.3 is 0 Å². The first-order valence-electron chi connectivity index (χ1n) is 8.18. The molecule has 0 aliphatic heterocycles. The lowest BCUT2D eigenvalue weighted by atomic mass is 10.0. The molecule has 0 bridgehead atoms. The maximum absolute atomic E-state index is 4.40. The van der Waals surface area contributed by atoms with Gasteiger partial charge in [0.2, 0.25) is 0 Å². The first kappa shape index (κ1) is 17.6. The fourth-order valence-corrected chi connectivity index (χ4v) is 3.33. The minimum Gasteiger partial charge on any atom is -0.260 e. The van der Waals surface area contributed by atoms with Crippen molar-refractivity contribution in [1.29, 1.82) is 0 Å². The number of rotatable bonds is 11. The molecule has 0 N–H and O–H groups in total. The Morgan fingerprint density at radius 3 is 2.35 bits per heavy atom. The predicted octanol–water partition coefficient (Wildman–Crippen LogP) is 6.23. The molecule has 1 nitrogen and oxygen atoms in total. The van der Waals surface area contributed by atoms with Crippen molar-refractivity contribution in [2.45, 2.75) is 82.6 Å². The first-order valence-corrected chi connectivity index (χ1v) is 9.16. The van der Waals surface area contributed by atoms with E-state index >= 15 is 0 Å². The SMILES string of the molecule is CCCCCCCCCC(C)(C)SCc1ccccn1. The fourth-order valence-electron chi connectivity index (χ4n) is 2.33. The third-order valence-corrected chi connectivity index (χ3v) is 5.15. The molecule has 20 heavy (non-hydrogen) atoms. The molecule has 1 aromatic rings. The minimum atomic E-state index is 0.376. The van der Waals surface area contributed by atoms with Gasteiger partial charge in [-0.1, -0.05) is 71.8 Å². The molecule has 0 atom stereocenters. The van der Waals surface area contributed by atoms with Crippen LogP contribution < -0.4 is 0 Å². The molecule has 0 saturated heterocycles. The van der Waals surface area contributed by atoms with Crippen LogP contribution in [-0.2, 0) is 5.75 Å². The topological polar surface area (TPSA) is 12.9 Å². The summed E-state index contributed by atoms with van der Waals surface area (Å²) in [4.78, 5) is 4.40. The monoisotopic (exact) mass is 293 g/mol. The molecule has 114 valence electrons. The van der Waals surface area contributed by atoms with Gasteiger partial charge in [0.1, 0.15) is 0 Å². The summed E-state index contributed by atoms with van der Waals surface area (Å²) < 4.78 is 0.376. The summed E-state index contributed by atoms with van der Waals surface area (Å²) in [5.41, 5.74) is 1.20. The summed E-state index contributed by atoms with van der Waals surface area (Å²) in [5, 5.41) is 0. The molecule has 0 fully saturated rings. The van der Waals surface area contributed by atoms with E-state index in [1.807, 2.05) is 24.0 Å². The van der Waals surface area contributed by atoms with Crippen molar-refractivity contribution in [2.24, 2.45) is 0 Å². The minimum absolute atomic E-state index is 0.376. The second kappa shape index (κ2) is 10.3. The Morgan fingerprint density at radius 2 is 1.70 bits per heavy atom. The average molecular weight is 294 g/mol. The van der Waals surface area contributed by atoms with E-state index in [9.17, 15) is 0 Å². The Bertz CT molecular complexity index is 335. The van der Waals surface area contributed by atoms with E-state index in [1.165, 1.54) is 57.1 Å². The van der Waals surface area contributed by atoms with Crippen LogP contribution in [0.1, 0.15) is 77.8 Å². The van der Waals surface area contributed by atoms with Crippen molar-refractivity contribution in [3.63, 3.8) is 0 Å². The Kier molecular flexibility index (Phi) is 9.00. The van der Waals surface area contributed by atoms with Crippen LogP contribution in [0, 0.1) is 0 Å². The van der Waals surface area contributed by atoms with Crippen LogP contribution in [0.15, 0.2) is 24.4 Å². The number of hydrogen-bond donors (Lipinski definition) is 0. The van der Waals surface area contributed by atoms with Crippen molar-refractivity contribution >= 4 is 11.8 Å². The third kappa shape index (κ3) is 8.63. The number of aromatic nitrogens is 1. The van der Waals surface area contributed by atoms with Gasteiger partial charge in [-0.15, -0.1) is 11.8 Å². The number of thioether (sulfide) groups is 1. The van der Waals surface area contributed by atoms with E-state index in [4.69, 9.17) is 0 Å². The smallest absolute Gasteiger partial charge is 0.0502 e. The van der Waals surface area contributed by atoms with Gasteiger partial charge in [-0.2, -0.15) is 0 Å². The maximum Gasteiger partial charge on any atom is 0.0502 e. The van der Waals surface area contributed by atoms with Crippen LogP contribution in [0.25, 0.3) is 0 Å². The van der Waals surface area contributed by atoms with Crippen molar-refractivity contribution in [3.8, 4) is 0 Å². The molecule has 0 aromatic carbocycles. The maximum atomic E-state index is 4.40. The van der Waals surface area contributed by atoms with E-state index in [1.54, 1.807) is 0 Å². The van der Waals surface area contributed by atoms with Gasteiger partial charge in [0, 0.05) is 16.7 Å². The highest BCUT2D eigenvalue weighted by Crippen LogP contribution is 2.32. The lowest BCUT2D eigenvalue weighted by Crippen LogP contribution is -2.14. The first-order chi connectivity index (χ1) is 9.64. The number of hydrogen-bond acceptors (Lipinski definition) is 2. The number of unbranched alkanes of at least 4 members (excludes halogenated alkanes) is 6. The van der Waals surface area contributed by atoms with Crippen LogP contribution in [0.3, 0.4) is 0 Å². The molecule has 0 aliphatic carbocycles. The zero-order chi connectivity index (χ0) is 14.7. The highest BCUT2D eigenvalue weighted by Gasteiger charge is 2.17. The van der Waals surface area contributed by atoms with E-state index in [0.29, 0.717) is 4.75 Å². The van der Waals surface area contributed by atoms with Crippen molar-refractivity contribution in [3.05, 3.63) is 30.1 Å². The van der Waals surface area contributed by atoms with Crippen molar-refractivity contribution < 1.29 is 0 Å². The van der Waals surface area contributed by atoms with Gasteiger partial charge in [-0.3, -0.25) is 4.98 Å². The molecule has 0 amide bonds. The van der Waals surface area contributed by atoms with Crippen LogP contribution in [0.2, 0.25) is 0 Å². The van der Waals surface area contributed by atoms with Gasteiger partial charge in [0.25, 0.3) is 0 Å². The Hall–Kier alpha value is -0.500. The molecular formula is C18H31NS. The Balaban J connectivity index is 2.09. The summed E-state index contributed by atoms with van der Waals surface area (Å²) in [6.45, 7) is 7.02.